The molecule has 1 saturated carbocycles. The first-order valence-electron chi connectivity index (χ1n) is 5.11. The summed E-state index contributed by atoms with van der Waals surface area (Å²) in [5.74, 6) is 0. The lowest BCUT2D eigenvalue weighted by Gasteiger charge is -2.14. The molecular formula is C11H20N2O2S. The molecule has 4 nitrogen and oxygen atoms in total. The van der Waals surface area contributed by atoms with Gasteiger partial charge in [-0.05, 0) is 23.8 Å². The second-order valence-corrected chi connectivity index (χ2v) is 7.17. The maximum Gasteiger partial charge on any atom is 0.256 e. The van der Waals surface area contributed by atoms with E-state index in [0.29, 0.717) is 0 Å². The third-order valence-corrected chi connectivity index (χ3v) is 4.67. The molecule has 0 bridgehead atoms. The smallest absolute Gasteiger partial charge is 0.204 e. The van der Waals surface area contributed by atoms with Gasteiger partial charge in [-0.3, -0.25) is 0 Å². The first-order chi connectivity index (χ1) is 6.82. The first-order valence-corrected chi connectivity index (χ1v) is 6.62. The highest BCUT2D eigenvalue weighted by Crippen LogP contribution is 2.30. The van der Waals surface area contributed by atoms with Gasteiger partial charge in [0.25, 0.3) is 10.0 Å². The monoisotopic (exact) mass is 244 g/mol. The Labute approximate surface area is 97.7 Å². The molecule has 0 spiro atoms. The first kappa shape index (κ1) is 13.2. The topological polar surface area (TPSA) is 52.0 Å². The molecule has 92 valence electrons. The van der Waals surface area contributed by atoms with Crippen LogP contribution in [0.4, 0.5) is 0 Å². The van der Waals surface area contributed by atoms with Crippen molar-refractivity contribution in [2.24, 2.45) is 0 Å². The number of hydrogen-bond donors (Lipinski definition) is 0. The van der Waals surface area contributed by atoms with Gasteiger partial charge < -0.3 is 0 Å². The normalized spacial score (nSPS) is 16.9. The summed E-state index contributed by atoms with van der Waals surface area (Å²) in [6, 6.07) is 0. The molecule has 1 heterocycles. The molecule has 2 rings (SSSR count). The van der Waals surface area contributed by atoms with Gasteiger partial charge in [0.1, 0.15) is 0 Å². The Bertz CT molecular complexity index is 464. The van der Waals surface area contributed by atoms with E-state index in [4.69, 9.17) is 0 Å². The SMILES string of the molecule is C.CC(C)(C)c1cnn(S(=O)(=O)C2CC2)c1. The molecule has 0 atom stereocenters. The van der Waals surface area contributed by atoms with Crippen LogP contribution in [-0.4, -0.2) is 22.9 Å². The Balaban J connectivity index is 0.00000128. The molecular weight excluding hydrogens is 224 g/mol. The zero-order valence-electron chi connectivity index (χ0n) is 9.27. The Kier molecular flexibility index (Phi) is 3.20. The van der Waals surface area contributed by atoms with Crippen LogP contribution in [0.5, 0.6) is 0 Å². The van der Waals surface area contributed by atoms with E-state index < -0.39 is 10.0 Å². The van der Waals surface area contributed by atoms with E-state index in [9.17, 15) is 8.42 Å². The second-order valence-electron chi connectivity index (χ2n) is 5.10. The average Bonchev–Trinajstić information content (AvgIpc) is 2.80. The standard InChI is InChI=1S/C10H16N2O2S.CH4/c1-10(2,3)8-6-11-12(7-8)15(13,14)9-4-5-9;/h6-7,9H,4-5H2,1-3H3;1H4. The van der Waals surface area contributed by atoms with Gasteiger partial charge in [0.2, 0.25) is 0 Å². The molecule has 0 aromatic carbocycles. The van der Waals surface area contributed by atoms with Gasteiger partial charge >= 0.3 is 0 Å². The fourth-order valence-electron chi connectivity index (χ4n) is 1.35. The van der Waals surface area contributed by atoms with Gasteiger partial charge in [-0.25, -0.2) is 8.42 Å². The van der Waals surface area contributed by atoms with Gasteiger partial charge in [0.15, 0.2) is 0 Å². The lowest BCUT2D eigenvalue weighted by Crippen LogP contribution is -2.18. The van der Waals surface area contributed by atoms with E-state index in [1.807, 2.05) is 20.8 Å². The predicted molar refractivity (Wildman–Crippen MR) is 65.0 cm³/mol. The molecule has 0 saturated heterocycles. The van der Waals surface area contributed by atoms with E-state index in [0.717, 1.165) is 22.5 Å². The molecule has 0 radical (unpaired) electrons. The Morgan fingerprint density at radius 2 is 1.94 bits per heavy atom. The highest BCUT2D eigenvalue weighted by atomic mass is 32.2. The van der Waals surface area contributed by atoms with E-state index >= 15 is 0 Å². The van der Waals surface area contributed by atoms with Crippen LogP contribution >= 0.6 is 0 Å². The van der Waals surface area contributed by atoms with Gasteiger partial charge in [0.05, 0.1) is 11.4 Å². The highest BCUT2D eigenvalue weighted by molar-refractivity contribution is 7.90. The molecule has 0 N–H and O–H groups in total. The van der Waals surface area contributed by atoms with Crippen molar-refractivity contribution >= 4 is 10.0 Å². The summed E-state index contributed by atoms with van der Waals surface area (Å²) in [5, 5.41) is 3.74. The van der Waals surface area contributed by atoms with Crippen molar-refractivity contribution in [1.29, 1.82) is 0 Å². The van der Waals surface area contributed by atoms with Gasteiger partial charge in [-0.15, -0.1) is 0 Å². The van der Waals surface area contributed by atoms with Crippen molar-refractivity contribution in [3.8, 4) is 0 Å². The van der Waals surface area contributed by atoms with Crippen molar-refractivity contribution in [2.75, 3.05) is 0 Å². The zero-order valence-corrected chi connectivity index (χ0v) is 10.1. The van der Waals surface area contributed by atoms with Crippen LogP contribution in [0, 0.1) is 0 Å². The molecule has 0 amide bonds. The minimum atomic E-state index is -3.20. The van der Waals surface area contributed by atoms with Crippen LogP contribution in [0.1, 0.15) is 46.6 Å². The molecule has 1 fully saturated rings. The van der Waals surface area contributed by atoms with Crippen LogP contribution < -0.4 is 0 Å². The molecule has 1 aromatic rings. The van der Waals surface area contributed by atoms with Crippen molar-refractivity contribution in [2.45, 2.75) is 51.7 Å². The predicted octanol–water partition coefficient (Wildman–Crippen LogP) is 2.16. The van der Waals surface area contributed by atoms with E-state index in [1.165, 1.54) is 0 Å². The van der Waals surface area contributed by atoms with Crippen LogP contribution in [0.25, 0.3) is 0 Å². The van der Waals surface area contributed by atoms with Gasteiger partial charge in [0, 0.05) is 6.20 Å². The molecule has 1 aliphatic rings. The lowest BCUT2D eigenvalue weighted by atomic mass is 9.90. The minimum Gasteiger partial charge on any atom is -0.204 e. The fourth-order valence-corrected chi connectivity index (χ4v) is 2.83. The Hall–Kier alpha value is -0.840. The van der Waals surface area contributed by atoms with E-state index in [2.05, 4.69) is 5.10 Å². The van der Waals surface area contributed by atoms with Crippen molar-refractivity contribution in [3.05, 3.63) is 18.0 Å². The van der Waals surface area contributed by atoms with E-state index in [1.54, 1.807) is 12.4 Å². The maximum absolute atomic E-state index is 11.8. The van der Waals surface area contributed by atoms with Crippen molar-refractivity contribution in [3.63, 3.8) is 0 Å². The summed E-state index contributed by atoms with van der Waals surface area (Å²) < 4.78 is 24.8. The molecule has 16 heavy (non-hydrogen) atoms. The van der Waals surface area contributed by atoms with Crippen molar-refractivity contribution < 1.29 is 8.42 Å². The second kappa shape index (κ2) is 3.87. The van der Waals surface area contributed by atoms with Crippen molar-refractivity contribution in [1.82, 2.24) is 9.19 Å². The van der Waals surface area contributed by atoms with Gasteiger partial charge in [-0.2, -0.15) is 9.19 Å². The molecule has 0 aliphatic heterocycles. The van der Waals surface area contributed by atoms with Crippen LogP contribution in [0.2, 0.25) is 0 Å². The average molecular weight is 244 g/mol. The third-order valence-electron chi connectivity index (χ3n) is 2.63. The summed E-state index contributed by atoms with van der Waals surface area (Å²) >= 11 is 0. The summed E-state index contributed by atoms with van der Waals surface area (Å²) in [6.45, 7) is 6.12. The number of rotatable bonds is 2. The number of nitrogens with zero attached hydrogens (tertiary/aromatic N) is 2. The summed E-state index contributed by atoms with van der Waals surface area (Å²) in [7, 11) is -3.20. The summed E-state index contributed by atoms with van der Waals surface area (Å²) in [6.07, 6.45) is 4.81. The molecule has 1 aromatic heterocycles. The molecule has 5 heteroatoms. The highest BCUT2D eigenvalue weighted by Gasteiger charge is 2.37. The molecule has 1 aliphatic carbocycles. The third kappa shape index (κ3) is 2.29. The Morgan fingerprint density at radius 3 is 2.31 bits per heavy atom. The van der Waals surface area contributed by atoms with E-state index in [-0.39, 0.29) is 18.1 Å². The van der Waals surface area contributed by atoms with Crippen LogP contribution in [0.3, 0.4) is 0 Å². The maximum atomic E-state index is 11.8. The lowest BCUT2D eigenvalue weighted by molar-refractivity contribution is 0.576. The van der Waals surface area contributed by atoms with Crippen LogP contribution in [-0.2, 0) is 15.4 Å². The minimum absolute atomic E-state index is 0. The Morgan fingerprint density at radius 1 is 1.38 bits per heavy atom. The number of aromatic nitrogens is 2. The summed E-state index contributed by atoms with van der Waals surface area (Å²) in [4.78, 5) is 0. The molecule has 0 unspecified atom stereocenters. The zero-order chi connectivity index (χ0) is 11.3. The van der Waals surface area contributed by atoms with Gasteiger partial charge in [-0.1, -0.05) is 28.2 Å². The van der Waals surface area contributed by atoms with Crippen LogP contribution in [0.15, 0.2) is 12.4 Å². The quantitative estimate of drug-likeness (QED) is 0.801. The number of hydrogen-bond acceptors (Lipinski definition) is 3. The fraction of sp³-hybridized carbons (Fsp3) is 0.727. The summed E-state index contributed by atoms with van der Waals surface area (Å²) in [5.41, 5.74) is 0.892. The largest absolute Gasteiger partial charge is 0.256 e.